The normalized spacial score (nSPS) is 12.8. The van der Waals surface area contributed by atoms with Crippen molar-refractivity contribution in [2.24, 2.45) is 0 Å². The van der Waals surface area contributed by atoms with Gasteiger partial charge in [-0.05, 0) is 59.6 Å². The van der Waals surface area contributed by atoms with Gasteiger partial charge in [0, 0.05) is 4.47 Å². The quantitative estimate of drug-likeness (QED) is 0.567. The molecule has 3 aromatic rings. The van der Waals surface area contributed by atoms with Crippen molar-refractivity contribution in [2.45, 2.75) is 19.2 Å². The Morgan fingerprint density at radius 2 is 1.95 bits per heavy atom. The lowest BCUT2D eigenvalue weighted by atomic mass is 10.2. The van der Waals surface area contributed by atoms with Crippen molar-refractivity contribution in [3.05, 3.63) is 58.3 Å². The monoisotopic (exact) mass is 348 g/mol. The van der Waals surface area contributed by atoms with Gasteiger partial charge >= 0.3 is 0 Å². The summed E-state index contributed by atoms with van der Waals surface area (Å²) in [6, 6.07) is 14.4. The smallest absolute Gasteiger partial charge is 0.132 e. The second kappa shape index (κ2) is 5.23. The van der Waals surface area contributed by atoms with Gasteiger partial charge in [0.15, 0.2) is 0 Å². The Bertz CT molecular complexity index is 777. The number of fused-ring (bicyclic) bond motifs is 1. The van der Waals surface area contributed by atoms with Gasteiger partial charge in [-0.2, -0.15) is 0 Å². The van der Waals surface area contributed by atoms with Crippen molar-refractivity contribution in [3.8, 4) is 5.69 Å². The van der Waals surface area contributed by atoms with Crippen molar-refractivity contribution in [1.82, 2.24) is 9.55 Å². The van der Waals surface area contributed by atoms with E-state index < -0.39 is 0 Å². The minimum Gasteiger partial charge on any atom is -0.294 e. The van der Waals surface area contributed by atoms with Gasteiger partial charge in [0.25, 0.3) is 0 Å². The predicted octanol–water partition coefficient (Wildman–Crippen LogP) is 5.40. The molecular weight excluding hydrogens is 336 g/mol. The summed E-state index contributed by atoms with van der Waals surface area (Å²) < 4.78 is 3.16. The number of benzene rings is 2. The number of para-hydroxylation sites is 2. The number of halogens is 2. The summed E-state index contributed by atoms with van der Waals surface area (Å²) in [5, 5.41) is -0.158. The summed E-state index contributed by atoms with van der Waals surface area (Å²) in [6.07, 6.45) is 0. The molecule has 1 aromatic heterocycles. The molecule has 1 atom stereocenters. The summed E-state index contributed by atoms with van der Waals surface area (Å²) in [6.45, 7) is 4.03. The van der Waals surface area contributed by atoms with Crippen LogP contribution in [0.5, 0.6) is 0 Å². The highest BCUT2D eigenvalue weighted by molar-refractivity contribution is 9.10. The molecule has 20 heavy (non-hydrogen) atoms. The molecule has 0 saturated heterocycles. The van der Waals surface area contributed by atoms with Crippen LogP contribution in [0.25, 0.3) is 16.7 Å². The van der Waals surface area contributed by atoms with Crippen molar-refractivity contribution < 1.29 is 0 Å². The van der Waals surface area contributed by atoms with Crippen LogP contribution < -0.4 is 0 Å². The number of aromatic nitrogens is 2. The van der Waals surface area contributed by atoms with Crippen LogP contribution in [0.4, 0.5) is 0 Å². The zero-order valence-corrected chi connectivity index (χ0v) is 13.6. The fourth-order valence-corrected chi connectivity index (χ4v) is 2.93. The van der Waals surface area contributed by atoms with Crippen LogP contribution in [0.3, 0.4) is 0 Å². The standard InChI is InChI=1S/C16H14BrClN2/c1-10-7-8-12(17)15(9-10)20-14-6-4-3-5-13(14)19-16(20)11(2)18/h3-9,11H,1-2H3. The topological polar surface area (TPSA) is 17.8 Å². The van der Waals surface area contributed by atoms with Gasteiger partial charge in [-0.3, -0.25) is 4.57 Å². The SMILES string of the molecule is Cc1ccc(Br)c(-n2c(C(C)Cl)nc3ccccc32)c1. The Morgan fingerprint density at radius 1 is 1.20 bits per heavy atom. The van der Waals surface area contributed by atoms with Gasteiger partial charge in [-0.1, -0.05) is 18.2 Å². The summed E-state index contributed by atoms with van der Waals surface area (Å²) in [7, 11) is 0. The molecule has 4 heteroatoms. The molecule has 0 fully saturated rings. The third-order valence-electron chi connectivity index (χ3n) is 3.29. The van der Waals surface area contributed by atoms with E-state index in [4.69, 9.17) is 11.6 Å². The molecule has 0 N–H and O–H groups in total. The van der Waals surface area contributed by atoms with Crippen LogP contribution in [0, 0.1) is 6.92 Å². The lowest BCUT2D eigenvalue weighted by Crippen LogP contribution is -2.03. The lowest BCUT2D eigenvalue weighted by Gasteiger charge is -2.13. The van der Waals surface area contributed by atoms with Gasteiger partial charge in [0.2, 0.25) is 0 Å². The number of rotatable bonds is 2. The zero-order chi connectivity index (χ0) is 14.3. The zero-order valence-electron chi connectivity index (χ0n) is 11.3. The first-order valence-corrected chi connectivity index (χ1v) is 7.69. The number of nitrogens with zero attached hydrogens (tertiary/aromatic N) is 2. The van der Waals surface area contributed by atoms with E-state index in [0.717, 1.165) is 27.0 Å². The molecular formula is C16H14BrClN2. The van der Waals surface area contributed by atoms with E-state index in [0.29, 0.717) is 0 Å². The fraction of sp³-hybridized carbons (Fsp3) is 0.188. The minimum absolute atomic E-state index is 0.158. The number of hydrogen-bond acceptors (Lipinski definition) is 1. The average Bonchev–Trinajstić information content (AvgIpc) is 2.81. The summed E-state index contributed by atoms with van der Waals surface area (Å²) in [4.78, 5) is 4.67. The van der Waals surface area contributed by atoms with Gasteiger partial charge in [0.1, 0.15) is 5.82 Å². The third-order valence-corrected chi connectivity index (χ3v) is 4.15. The molecule has 0 saturated carbocycles. The Labute approximate surface area is 131 Å². The van der Waals surface area contributed by atoms with Crippen LogP contribution in [-0.2, 0) is 0 Å². The van der Waals surface area contributed by atoms with Crippen LogP contribution in [0.1, 0.15) is 23.7 Å². The van der Waals surface area contributed by atoms with Crippen molar-refractivity contribution >= 4 is 38.6 Å². The average molecular weight is 350 g/mol. The Morgan fingerprint density at radius 3 is 2.70 bits per heavy atom. The molecule has 0 aliphatic heterocycles. The van der Waals surface area contributed by atoms with Crippen LogP contribution in [-0.4, -0.2) is 9.55 Å². The Balaban J connectivity index is 2.39. The van der Waals surface area contributed by atoms with Crippen molar-refractivity contribution in [3.63, 3.8) is 0 Å². The largest absolute Gasteiger partial charge is 0.294 e. The van der Waals surface area contributed by atoms with Gasteiger partial charge < -0.3 is 0 Å². The Hall–Kier alpha value is -1.32. The van der Waals surface area contributed by atoms with E-state index in [1.165, 1.54) is 5.56 Å². The summed E-state index contributed by atoms with van der Waals surface area (Å²) in [5.74, 6) is 0.860. The van der Waals surface area contributed by atoms with E-state index in [1.54, 1.807) is 0 Å². The van der Waals surface area contributed by atoms with Crippen molar-refractivity contribution in [2.75, 3.05) is 0 Å². The van der Waals surface area contributed by atoms with E-state index in [1.807, 2.05) is 25.1 Å². The van der Waals surface area contributed by atoms with Gasteiger partial charge in [-0.15, -0.1) is 11.6 Å². The van der Waals surface area contributed by atoms with Crippen LogP contribution in [0.15, 0.2) is 46.9 Å². The highest BCUT2D eigenvalue weighted by Gasteiger charge is 2.17. The van der Waals surface area contributed by atoms with Crippen LogP contribution >= 0.6 is 27.5 Å². The molecule has 0 radical (unpaired) electrons. The molecule has 102 valence electrons. The molecule has 0 bridgehead atoms. The highest BCUT2D eigenvalue weighted by atomic mass is 79.9. The molecule has 2 nitrogen and oxygen atoms in total. The first-order valence-electron chi connectivity index (χ1n) is 6.46. The number of hydrogen-bond donors (Lipinski definition) is 0. The molecule has 0 aliphatic rings. The third kappa shape index (κ3) is 2.25. The maximum absolute atomic E-state index is 6.32. The molecule has 1 heterocycles. The van der Waals surface area contributed by atoms with E-state index >= 15 is 0 Å². The minimum atomic E-state index is -0.158. The Kier molecular flexibility index (Phi) is 3.57. The molecule has 0 spiro atoms. The lowest BCUT2D eigenvalue weighted by molar-refractivity contribution is 0.879. The van der Waals surface area contributed by atoms with Crippen LogP contribution in [0.2, 0.25) is 0 Å². The van der Waals surface area contributed by atoms with E-state index in [-0.39, 0.29) is 5.38 Å². The molecule has 2 aromatic carbocycles. The molecule has 0 aliphatic carbocycles. The highest BCUT2D eigenvalue weighted by Crippen LogP contribution is 2.31. The maximum atomic E-state index is 6.32. The van der Waals surface area contributed by atoms with Gasteiger partial charge in [-0.25, -0.2) is 4.98 Å². The summed E-state index contributed by atoms with van der Waals surface area (Å²) >= 11 is 9.95. The molecule has 3 rings (SSSR count). The number of aryl methyl sites for hydroxylation is 1. The number of alkyl halides is 1. The second-order valence-electron chi connectivity index (χ2n) is 4.86. The van der Waals surface area contributed by atoms with Crippen molar-refractivity contribution in [1.29, 1.82) is 0 Å². The summed E-state index contributed by atoms with van der Waals surface area (Å²) in [5.41, 5.74) is 4.31. The first kappa shape index (κ1) is 13.7. The second-order valence-corrected chi connectivity index (χ2v) is 6.37. The van der Waals surface area contributed by atoms with Gasteiger partial charge in [0.05, 0.1) is 22.1 Å². The predicted molar refractivity (Wildman–Crippen MR) is 87.8 cm³/mol. The molecule has 1 unspecified atom stereocenters. The maximum Gasteiger partial charge on any atom is 0.132 e. The fourth-order valence-electron chi connectivity index (χ4n) is 2.36. The first-order chi connectivity index (χ1) is 9.58. The van der Waals surface area contributed by atoms with E-state index in [2.05, 4.69) is 56.7 Å². The molecule has 0 amide bonds. The van der Waals surface area contributed by atoms with E-state index in [9.17, 15) is 0 Å². The number of imidazole rings is 1.